The topological polar surface area (TPSA) is 9.23 Å². The van der Waals surface area contributed by atoms with Crippen LogP contribution >= 0.6 is 0 Å². The highest BCUT2D eigenvalue weighted by Crippen LogP contribution is 2.19. The van der Waals surface area contributed by atoms with E-state index in [0.717, 1.165) is 25.2 Å². The predicted molar refractivity (Wildman–Crippen MR) is 42.7 cm³/mol. The van der Waals surface area contributed by atoms with E-state index in [-0.39, 0.29) is 0 Å². The SMILES string of the molecule is CC/C=C\C1=C(C)OCC1. The summed E-state index contributed by atoms with van der Waals surface area (Å²) in [5, 5.41) is 0. The van der Waals surface area contributed by atoms with Gasteiger partial charge in [0, 0.05) is 6.42 Å². The number of hydrogen-bond donors (Lipinski definition) is 0. The van der Waals surface area contributed by atoms with Crippen LogP contribution in [0.1, 0.15) is 26.7 Å². The lowest BCUT2D eigenvalue weighted by Crippen LogP contribution is -1.76. The van der Waals surface area contributed by atoms with Crippen molar-refractivity contribution in [2.75, 3.05) is 6.61 Å². The van der Waals surface area contributed by atoms with E-state index in [1.54, 1.807) is 0 Å². The van der Waals surface area contributed by atoms with E-state index >= 15 is 0 Å². The van der Waals surface area contributed by atoms with Crippen LogP contribution in [-0.4, -0.2) is 6.61 Å². The van der Waals surface area contributed by atoms with Gasteiger partial charge in [-0.15, -0.1) is 0 Å². The third-order valence-electron chi connectivity index (χ3n) is 1.70. The van der Waals surface area contributed by atoms with Crippen molar-refractivity contribution in [3.63, 3.8) is 0 Å². The molecule has 1 heteroatoms. The predicted octanol–water partition coefficient (Wildman–Crippen LogP) is 2.65. The minimum atomic E-state index is 0.870. The van der Waals surface area contributed by atoms with E-state index in [1.165, 1.54) is 5.57 Å². The first-order chi connectivity index (χ1) is 4.84. The second-order valence-corrected chi connectivity index (χ2v) is 2.49. The smallest absolute Gasteiger partial charge is 0.0962 e. The molecule has 0 aliphatic carbocycles. The third kappa shape index (κ3) is 1.63. The van der Waals surface area contributed by atoms with Crippen molar-refractivity contribution in [2.24, 2.45) is 0 Å². The molecular formula is C9H14O. The first kappa shape index (κ1) is 7.39. The van der Waals surface area contributed by atoms with E-state index in [1.807, 2.05) is 6.92 Å². The summed E-state index contributed by atoms with van der Waals surface area (Å²) >= 11 is 0. The minimum absolute atomic E-state index is 0.870. The van der Waals surface area contributed by atoms with Gasteiger partial charge in [-0.3, -0.25) is 0 Å². The molecule has 1 rings (SSSR count). The molecule has 0 N–H and O–H groups in total. The standard InChI is InChI=1S/C9H14O/c1-3-4-5-9-6-7-10-8(9)2/h4-5H,3,6-7H2,1-2H3/b5-4-. The van der Waals surface area contributed by atoms with Crippen LogP contribution < -0.4 is 0 Å². The average molecular weight is 138 g/mol. The zero-order valence-corrected chi connectivity index (χ0v) is 6.68. The molecule has 0 aromatic heterocycles. The van der Waals surface area contributed by atoms with E-state index in [9.17, 15) is 0 Å². The zero-order chi connectivity index (χ0) is 7.40. The van der Waals surface area contributed by atoms with Gasteiger partial charge < -0.3 is 4.74 Å². The summed E-state index contributed by atoms with van der Waals surface area (Å²) in [7, 11) is 0. The summed E-state index contributed by atoms with van der Waals surface area (Å²) < 4.78 is 5.29. The lowest BCUT2D eigenvalue weighted by atomic mass is 10.2. The second kappa shape index (κ2) is 3.45. The van der Waals surface area contributed by atoms with Crippen LogP contribution in [0.3, 0.4) is 0 Å². The van der Waals surface area contributed by atoms with E-state index in [4.69, 9.17) is 4.74 Å². The maximum absolute atomic E-state index is 5.29. The quantitative estimate of drug-likeness (QED) is 0.570. The molecule has 1 aliphatic rings. The van der Waals surface area contributed by atoms with Crippen molar-refractivity contribution in [2.45, 2.75) is 26.7 Å². The minimum Gasteiger partial charge on any atom is -0.498 e. The molecule has 56 valence electrons. The van der Waals surface area contributed by atoms with Gasteiger partial charge in [-0.1, -0.05) is 19.1 Å². The molecule has 0 radical (unpaired) electrons. The van der Waals surface area contributed by atoms with Gasteiger partial charge in [0.1, 0.15) is 0 Å². The van der Waals surface area contributed by atoms with Crippen LogP contribution in [0.2, 0.25) is 0 Å². The summed E-state index contributed by atoms with van der Waals surface area (Å²) in [6, 6.07) is 0. The van der Waals surface area contributed by atoms with Crippen LogP contribution in [0.15, 0.2) is 23.5 Å². The van der Waals surface area contributed by atoms with Crippen molar-refractivity contribution < 1.29 is 4.74 Å². The van der Waals surface area contributed by atoms with Crippen LogP contribution in [0.4, 0.5) is 0 Å². The third-order valence-corrected chi connectivity index (χ3v) is 1.70. The molecule has 0 saturated heterocycles. The molecule has 0 amide bonds. The van der Waals surface area contributed by atoms with Gasteiger partial charge in [-0.25, -0.2) is 0 Å². The molecule has 1 nitrogen and oxygen atoms in total. The van der Waals surface area contributed by atoms with Crippen molar-refractivity contribution >= 4 is 0 Å². The highest BCUT2D eigenvalue weighted by molar-refractivity contribution is 5.23. The average Bonchev–Trinajstić information content (AvgIpc) is 2.31. The Hall–Kier alpha value is -0.720. The maximum Gasteiger partial charge on any atom is 0.0962 e. The number of allylic oxidation sites excluding steroid dienone is 3. The van der Waals surface area contributed by atoms with Crippen molar-refractivity contribution in [1.82, 2.24) is 0 Å². The maximum atomic E-state index is 5.29. The summed E-state index contributed by atoms with van der Waals surface area (Å²) in [6.07, 6.45) is 6.54. The molecule has 0 unspecified atom stereocenters. The Morgan fingerprint density at radius 3 is 2.90 bits per heavy atom. The van der Waals surface area contributed by atoms with Gasteiger partial charge in [0.25, 0.3) is 0 Å². The van der Waals surface area contributed by atoms with Gasteiger partial charge in [-0.2, -0.15) is 0 Å². The fraction of sp³-hybridized carbons (Fsp3) is 0.556. The second-order valence-electron chi connectivity index (χ2n) is 2.49. The molecule has 1 heterocycles. The molecule has 0 atom stereocenters. The first-order valence-corrected chi connectivity index (χ1v) is 3.83. The van der Waals surface area contributed by atoms with Crippen molar-refractivity contribution in [3.05, 3.63) is 23.5 Å². The van der Waals surface area contributed by atoms with Crippen molar-refractivity contribution in [1.29, 1.82) is 0 Å². The Morgan fingerprint density at radius 2 is 2.40 bits per heavy atom. The van der Waals surface area contributed by atoms with Crippen LogP contribution in [0, 0.1) is 0 Å². The Morgan fingerprint density at radius 1 is 1.60 bits per heavy atom. The summed E-state index contributed by atoms with van der Waals surface area (Å²) in [6.45, 7) is 5.04. The normalized spacial score (nSPS) is 18.6. The van der Waals surface area contributed by atoms with Crippen molar-refractivity contribution in [3.8, 4) is 0 Å². The van der Waals surface area contributed by atoms with Gasteiger partial charge in [0.05, 0.1) is 12.4 Å². The first-order valence-electron chi connectivity index (χ1n) is 3.83. The summed E-state index contributed by atoms with van der Waals surface area (Å²) in [5.41, 5.74) is 1.36. The molecule has 1 aliphatic heterocycles. The van der Waals surface area contributed by atoms with E-state index in [2.05, 4.69) is 19.1 Å². The van der Waals surface area contributed by atoms with E-state index in [0.29, 0.717) is 0 Å². The molecule has 0 aromatic rings. The van der Waals surface area contributed by atoms with Crippen LogP contribution in [0.5, 0.6) is 0 Å². The van der Waals surface area contributed by atoms with Gasteiger partial charge in [0.15, 0.2) is 0 Å². The highest BCUT2D eigenvalue weighted by Gasteiger charge is 2.07. The fourth-order valence-electron chi connectivity index (χ4n) is 1.04. The molecule has 0 aromatic carbocycles. The molecule has 0 bridgehead atoms. The van der Waals surface area contributed by atoms with Gasteiger partial charge >= 0.3 is 0 Å². The largest absolute Gasteiger partial charge is 0.498 e. The Labute approximate surface area is 62.4 Å². The van der Waals surface area contributed by atoms with Crippen LogP contribution in [-0.2, 0) is 4.74 Å². The molecule has 0 spiro atoms. The summed E-state index contributed by atoms with van der Waals surface area (Å²) in [5.74, 6) is 1.10. The molecule has 10 heavy (non-hydrogen) atoms. The Bertz CT molecular complexity index is 166. The fourth-order valence-corrected chi connectivity index (χ4v) is 1.04. The molecule has 0 fully saturated rings. The Kier molecular flexibility index (Phi) is 2.55. The highest BCUT2D eigenvalue weighted by atomic mass is 16.5. The summed E-state index contributed by atoms with van der Waals surface area (Å²) in [4.78, 5) is 0. The van der Waals surface area contributed by atoms with E-state index < -0.39 is 0 Å². The van der Waals surface area contributed by atoms with Gasteiger partial charge in [0.2, 0.25) is 0 Å². The monoisotopic (exact) mass is 138 g/mol. The van der Waals surface area contributed by atoms with Crippen LogP contribution in [0.25, 0.3) is 0 Å². The lowest BCUT2D eigenvalue weighted by molar-refractivity contribution is 0.246. The number of hydrogen-bond acceptors (Lipinski definition) is 1. The lowest BCUT2D eigenvalue weighted by Gasteiger charge is -1.92. The number of ether oxygens (including phenoxy) is 1. The Balaban J connectivity index is 2.54. The molecular weight excluding hydrogens is 124 g/mol. The van der Waals surface area contributed by atoms with Gasteiger partial charge in [-0.05, 0) is 18.9 Å². The number of rotatable bonds is 2. The zero-order valence-electron chi connectivity index (χ0n) is 6.68. The molecule has 0 saturated carbocycles.